The Morgan fingerprint density at radius 2 is 1.90 bits per heavy atom. The molecule has 166 valence electrons. The number of carbonyl (C=O) groups excluding carboxylic acids is 2. The molecule has 1 aromatic heterocycles. The number of carbonyl (C=O) groups is 2. The fourth-order valence-electron chi connectivity index (χ4n) is 3.92. The van der Waals surface area contributed by atoms with Gasteiger partial charge in [0.25, 0.3) is 0 Å². The van der Waals surface area contributed by atoms with Crippen molar-refractivity contribution in [1.29, 1.82) is 0 Å². The summed E-state index contributed by atoms with van der Waals surface area (Å²) in [6, 6.07) is 4.97. The predicted octanol–water partition coefficient (Wildman–Crippen LogP) is 3.69. The number of hydrogen-bond acceptors (Lipinski definition) is 7. The van der Waals surface area contributed by atoms with Crippen molar-refractivity contribution in [3.05, 3.63) is 24.0 Å². The summed E-state index contributed by atoms with van der Waals surface area (Å²) in [6.45, 7) is 2.94. The quantitative estimate of drug-likeness (QED) is 0.653. The van der Waals surface area contributed by atoms with Crippen LogP contribution in [0.3, 0.4) is 0 Å². The lowest BCUT2D eigenvalue weighted by Crippen LogP contribution is -2.34. The standard InChI is InChI=1S/C21H27N5O4S/c1-14-24-25-21(26(14)16-5-3-2-4-6-16)31-12-9-19(27)23-20(28)22-15-7-8-17-18(13-15)30-11-10-29-17/h7-8,13,16H,2-6,9-12H2,1H3,(H2,22,23,27,28). The van der Waals surface area contributed by atoms with Gasteiger partial charge in [-0.15, -0.1) is 10.2 Å². The molecule has 9 nitrogen and oxygen atoms in total. The van der Waals surface area contributed by atoms with E-state index in [2.05, 4.69) is 25.4 Å². The van der Waals surface area contributed by atoms with Gasteiger partial charge in [-0.1, -0.05) is 31.0 Å². The number of aryl methyl sites for hydroxylation is 1. The third kappa shape index (κ3) is 5.49. The molecular weight excluding hydrogens is 418 g/mol. The number of amides is 3. The smallest absolute Gasteiger partial charge is 0.325 e. The van der Waals surface area contributed by atoms with E-state index in [9.17, 15) is 9.59 Å². The zero-order chi connectivity index (χ0) is 21.6. The zero-order valence-corrected chi connectivity index (χ0v) is 18.4. The maximum Gasteiger partial charge on any atom is 0.325 e. The van der Waals surface area contributed by atoms with Gasteiger partial charge in [-0.25, -0.2) is 4.79 Å². The third-order valence-electron chi connectivity index (χ3n) is 5.39. The molecule has 2 N–H and O–H groups in total. The van der Waals surface area contributed by atoms with Crippen molar-refractivity contribution in [2.45, 2.75) is 56.6 Å². The molecule has 2 heterocycles. The first-order valence-electron chi connectivity index (χ1n) is 10.6. The van der Waals surface area contributed by atoms with Crippen LogP contribution >= 0.6 is 11.8 Å². The first-order chi connectivity index (χ1) is 15.1. The van der Waals surface area contributed by atoms with Crippen LogP contribution in [0.4, 0.5) is 10.5 Å². The maximum absolute atomic E-state index is 12.2. The Labute approximate surface area is 185 Å². The van der Waals surface area contributed by atoms with Crippen LogP contribution in [0.5, 0.6) is 11.5 Å². The van der Waals surface area contributed by atoms with Crippen LogP contribution in [0.2, 0.25) is 0 Å². The predicted molar refractivity (Wildman–Crippen MR) is 117 cm³/mol. The van der Waals surface area contributed by atoms with E-state index in [0.29, 0.717) is 42.2 Å². The first-order valence-corrected chi connectivity index (χ1v) is 11.6. The Kier molecular flexibility index (Phi) is 6.96. The Bertz CT molecular complexity index is 942. The lowest BCUT2D eigenvalue weighted by atomic mass is 9.95. The normalized spacial score (nSPS) is 16.0. The molecule has 3 amide bonds. The molecule has 0 radical (unpaired) electrons. The van der Waals surface area contributed by atoms with E-state index >= 15 is 0 Å². The van der Waals surface area contributed by atoms with Gasteiger partial charge >= 0.3 is 6.03 Å². The second-order valence-corrected chi connectivity index (χ2v) is 8.71. The highest BCUT2D eigenvalue weighted by Crippen LogP contribution is 2.33. The lowest BCUT2D eigenvalue weighted by Gasteiger charge is -2.24. The highest BCUT2D eigenvalue weighted by molar-refractivity contribution is 7.99. The molecule has 1 fully saturated rings. The zero-order valence-electron chi connectivity index (χ0n) is 17.6. The second-order valence-electron chi connectivity index (χ2n) is 7.65. The van der Waals surface area contributed by atoms with E-state index in [-0.39, 0.29) is 12.3 Å². The molecule has 1 aromatic carbocycles. The molecule has 2 aliphatic rings. The van der Waals surface area contributed by atoms with Crippen LogP contribution in [0.1, 0.15) is 50.4 Å². The van der Waals surface area contributed by atoms with Crippen LogP contribution in [0.15, 0.2) is 23.4 Å². The third-order valence-corrected chi connectivity index (χ3v) is 6.33. The van der Waals surface area contributed by atoms with Crippen molar-refractivity contribution in [3.63, 3.8) is 0 Å². The fraction of sp³-hybridized carbons (Fsp3) is 0.524. The number of hydrogen-bond donors (Lipinski definition) is 2. The number of thioether (sulfide) groups is 1. The van der Waals surface area contributed by atoms with Gasteiger partial charge in [0.1, 0.15) is 19.0 Å². The summed E-state index contributed by atoms with van der Waals surface area (Å²) in [7, 11) is 0. The Hall–Kier alpha value is -2.75. The lowest BCUT2D eigenvalue weighted by molar-refractivity contribution is -0.119. The van der Waals surface area contributed by atoms with Crippen LogP contribution in [0.25, 0.3) is 0 Å². The van der Waals surface area contributed by atoms with E-state index < -0.39 is 6.03 Å². The number of ether oxygens (including phenoxy) is 2. The SMILES string of the molecule is Cc1nnc(SCCC(=O)NC(=O)Nc2ccc3c(c2)OCCO3)n1C1CCCCC1. The molecule has 10 heteroatoms. The summed E-state index contributed by atoms with van der Waals surface area (Å²) in [6.07, 6.45) is 6.24. The van der Waals surface area contributed by atoms with Crippen molar-refractivity contribution >= 4 is 29.4 Å². The summed E-state index contributed by atoms with van der Waals surface area (Å²) in [5.41, 5.74) is 0.528. The summed E-state index contributed by atoms with van der Waals surface area (Å²) >= 11 is 1.50. The molecule has 0 atom stereocenters. The minimum absolute atomic E-state index is 0.204. The van der Waals surface area contributed by atoms with Gasteiger partial charge in [0, 0.05) is 30.0 Å². The summed E-state index contributed by atoms with van der Waals surface area (Å²) in [5, 5.41) is 14.4. The Morgan fingerprint density at radius 3 is 2.71 bits per heavy atom. The number of imide groups is 1. The molecule has 4 rings (SSSR count). The average Bonchev–Trinajstić information content (AvgIpc) is 3.14. The molecule has 2 aromatic rings. The van der Waals surface area contributed by atoms with Gasteiger partial charge in [0.2, 0.25) is 5.91 Å². The van der Waals surface area contributed by atoms with E-state index in [1.165, 1.54) is 31.0 Å². The number of anilines is 1. The van der Waals surface area contributed by atoms with Gasteiger partial charge in [-0.2, -0.15) is 0 Å². The minimum Gasteiger partial charge on any atom is -0.486 e. The molecule has 31 heavy (non-hydrogen) atoms. The highest BCUT2D eigenvalue weighted by atomic mass is 32.2. The Morgan fingerprint density at radius 1 is 1.13 bits per heavy atom. The van der Waals surface area contributed by atoms with Gasteiger partial charge in [0.15, 0.2) is 16.7 Å². The van der Waals surface area contributed by atoms with Crippen molar-refractivity contribution in [1.82, 2.24) is 20.1 Å². The van der Waals surface area contributed by atoms with Crippen LogP contribution in [-0.2, 0) is 4.79 Å². The molecule has 0 saturated heterocycles. The average molecular weight is 446 g/mol. The number of urea groups is 1. The van der Waals surface area contributed by atoms with Crippen molar-refractivity contribution in [3.8, 4) is 11.5 Å². The highest BCUT2D eigenvalue weighted by Gasteiger charge is 2.21. The van der Waals surface area contributed by atoms with Gasteiger partial charge in [0.05, 0.1) is 0 Å². The van der Waals surface area contributed by atoms with Crippen molar-refractivity contribution < 1.29 is 19.1 Å². The van der Waals surface area contributed by atoms with Crippen LogP contribution in [0, 0.1) is 6.92 Å². The number of nitrogens with zero attached hydrogens (tertiary/aromatic N) is 3. The van der Waals surface area contributed by atoms with Gasteiger partial charge in [-0.05, 0) is 31.9 Å². The van der Waals surface area contributed by atoms with Gasteiger partial charge in [-0.3, -0.25) is 10.1 Å². The number of benzene rings is 1. The number of rotatable bonds is 6. The molecule has 1 aliphatic carbocycles. The molecule has 1 aliphatic heterocycles. The summed E-state index contributed by atoms with van der Waals surface area (Å²) < 4.78 is 13.2. The molecule has 1 saturated carbocycles. The van der Waals surface area contributed by atoms with Crippen LogP contribution < -0.4 is 20.1 Å². The van der Waals surface area contributed by atoms with Crippen molar-refractivity contribution in [2.24, 2.45) is 0 Å². The minimum atomic E-state index is -0.576. The second kappa shape index (κ2) is 10.0. The largest absolute Gasteiger partial charge is 0.486 e. The monoisotopic (exact) mass is 445 g/mol. The fourth-order valence-corrected chi connectivity index (χ4v) is 4.90. The topological polar surface area (TPSA) is 107 Å². The first kappa shape index (κ1) is 21.5. The summed E-state index contributed by atoms with van der Waals surface area (Å²) in [4.78, 5) is 24.3. The van der Waals surface area contributed by atoms with E-state index in [1.807, 2.05) is 6.92 Å². The molecule has 0 spiro atoms. The van der Waals surface area contributed by atoms with Gasteiger partial charge < -0.3 is 19.4 Å². The van der Waals surface area contributed by atoms with E-state index in [0.717, 1.165) is 23.8 Å². The molecule has 0 bridgehead atoms. The number of fused-ring (bicyclic) bond motifs is 1. The number of aromatic nitrogens is 3. The van der Waals surface area contributed by atoms with E-state index in [1.54, 1.807) is 18.2 Å². The van der Waals surface area contributed by atoms with Crippen LogP contribution in [-0.4, -0.2) is 45.7 Å². The maximum atomic E-state index is 12.2. The van der Waals surface area contributed by atoms with E-state index in [4.69, 9.17) is 9.47 Å². The van der Waals surface area contributed by atoms with Crippen molar-refractivity contribution in [2.75, 3.05) is 24.3 Å². The molecular formula is C21H27N5O4S. The summed E-state index contributed by atoms with van der Waals surface area (Å²) in [5.74, 6) is 2.31. The number of nitrogens with one attached hydrogen (secondary N) is 2. The Balaban J connectivity index is 1.24. The molecule has 0 unspecified atom stereocenters.